The van der Waals surface area contributed by atoms with Gasteiger partial charge in [-0.05, 0) is 38.0 Å². The molecule has 0 radical (unpaired) electrons. The van der Waals surface area contributed by atoms with E-state index >= 15 is 0 Å². The largest absolute Gasteiger partial charge is 0.477 e. The zero-order chi connectivity index (χ0) is 21.2. The Morgan fingerprint density at radius 2 is 2.03 bits per heavy atom. The first-order chi connectivity index (χ1) is 13.7. The van der Waals surface area contributed by atoms with E-state index in [0.29, 0.717) is 42.7 Å². The number of carbonyl (C=O) groups is 1. The number of hydrogen-bond donors (Lipinski definition) is 1. The van der Waals surface area contributed by atoms with Crippen LogP contribution in [-0.2, 0) is 12.6 Å². The van der Waals surface area contributed by atoms with Gasteiger partial charge in [0.2, 0.25) is 11.8 Å². The van der Waals surface area contributed by atoms with Gasteiger partial charge < -0.3 is 15.4 Å². The number of nitrogens with two attached hydrogens (primary N) is 1. The maximum atomic E-state index is 13.7. The van der Waals surface area contributed by atoms with Crippen LogP contribution < -0.4 is 15.4 Å². The lowest BCUT2D eigenvalue weighted by Gasteiger charge is -2.23. The lowest BCUT2D eigenvalue weighted by Crippen LogP contribution is -2.21. The van der Waals surface area contributed by atoms with Gasteiger partial charge in [-0.3, -0.25) is 4.79 Å². The minimum atomic E-state index is -4.65. The van der Waals surface area contributed by atoms with Crippen molar-refractivity contribution in [3.05, 3.63) is 40.7 Å². The van der Waals surface area contributed by atoms with Crippen LogP contribution in [0.1, 0.15) is 53.5 Å². The van der Waals surface area contributed by atoms with E-state index < -0.39 is 17.6 Å². The van der Waals surface area contributed by atoms with Crippen molar-refractivity contribution in [2.75, 3.05) is 18.1 Å². The van der Waals surface area contributed by atoms with E-state index in [4.69, 9.17) is 10.5 Å². The molecular formula is C20H23F3N4O2. The Bertz CT molecular complexity index is 915. The Labute approximate surface area is 166 Å². The molecule has 3 rings (SSSR count). The van der Waals surface area contributed by atoms with E-state index in [2.05, 4.69) is 16.9 Å². The molecule has 2 N–H and O–H groups in total. The van der Waals surface area contributed by atoms with Gasteiger partial charge in [-0.2, -0.15) is 18.2 Å². The highest BCUT2D eigenvalue weighted by Crippen LogP contribution is 2.43. The Kier molecular flexibility index (Phi) is 5.95. The van der Waals surface area contributed by atoms with Gasteiger partial charge in [0, 0.05) is 12.1 Å². The molecular weight excluding hydrogens is 385 g/mol. The molecule has 0 saturated heterocycles. The highest BCUT2D eigenvalue weighted by molar-refractivity contribution is 5.93. The van der Waals surface area contributed by atoms with E-state index in [0.717, 1.165) is 25.3 Å². The first kappa shape index (κ1) is 20.9. The van der Waals surface area contributed by atoms with E-state index in [1.807, 2.05) is 0 Å². The fourth-order valence-electron chi connectivity index (χ4n) is 3.35. The maximum absolute atomic E-state index is 13.7. The molecule has 0 bridgehead atoms. The van der Waals surface area contributed by atoms with E-state index in [-0.39, 0.29) is 11.3 Å². The minimum Gasteiger partial charge on any atom is -0.477 e. The normalized spacial score (nSPS) is 13.5. The van der Waals surface area contributed by atoms with Crippen LogP contribution in [0.5, 0.6) is 5.88 Å². The molecule has 0 fully saturated rings. The molecule has 29 heavy (non-hydrogen) atoms. The molecule has 6 nitrogen and oxygen atoms in total. The number of anilines is 2. The molecule has 0 saturated carbocycles. The first-order valence-corrected chi connectivity index (χ1v) is 9.51. The van der Waals surface area contributed by atoms with Crippen LogP contribution in [-0.4, -0.2) is 29.0 Å². The molecule has 2 aromatic rings. The number of ether oxygens (including phenoxy) is 1. The zero-order valence-corrected chi connectivity index (χ0v) is 16.3. The number of carbonyl (C=O) groups excluding carboxylic acids is 1. The molecule has 156 valence electrons. The van der Waals surface area contributed by atoms with Crippen LogP contribution in [0.2, 0.25) is 0 Å². The van der Waals surface area contributed by atoms with Crippen molar-refractivity contribution >= 4 is 17.4 Å². The van der Waals surface area contributed by atoms with Gasteiger partial charge in [-0.1, -0.05) is 19.8 Å². The SMILES string of the molecule is CCCCCOc1nc(C)nc2c1CCN2c1ccc(C(N)=O)cc1C(F)(F)F. The number of amides is 1. The molecule has 1 amide bonds. The zero-order valence-electron chi connectivity index (χ0n) is 16.3. The topological polar surface area (TPSA) is 81.3 Å². The number of unbranched alkanes of at least 4 members (excludes halogenated alkanes) is 2. The van der Waals surface area contributed by atoms with Gasteiger partial charge in [-0.25, -0.2) is 4.98 Å². The highest BCUT2D eigenvalue weighted by atomic mass is 19.4. The minimum absolute atomic E-state index is 0.0729. The molecule has 1 aromatic heterocycles. The molecule has 0 aliphatic carbocycles. The number of halogens is 3. The maximum Gasteiger partial charge on any atom is 0.418 e. The van der Waals surface area contributed by atoms with Crippen molar-refractivity contribution in [2.45, 2.75) is 45.7 Å². The summed E-state index contributed by atoms with van der Waals surface area (Å²) in [5.74, 6) is 0.335. The third-order valence-electron chi connectivity index (χ3n) is 4.76. The molecule has 0 unspecified atom stereocenters. The number of hydrogen-bond acceptors (Lipinski definition) is 5. The summed E-state index contributed by atoms with van der Waals surface area (Å²) in [6, 6.07) is 3.34. The number of nitrogens with zero attached hydrogens (tertiary/aromatic N) is 3. The van der Waals surface area contributed by atoms with Gasteiger partial charge in [0.05, 0.1) is 23.4 Å². The van der Waals surface area contributed by atoms with Crippen LogP contribution in [0.3, 0.4) is 0 Å². The smallest absolute Gasteiger partial charge is 0.418 e. The predicted octanol–water partition coefficient (Wildman–Crippen LogP) is 4.17. The van der Waals surface area contributed by atoms with Crippen molar-refractivity contribution in [2.24, 2.45) is 5.73 Å². The second kappa shape index (κ2) is 8.26. The molecule has 1 aliphatic heterocycles. The summed E-state index contributed by atoms with van der Waals surface area (Å²) in [6.45, 7) is 4.57. The number of benzene rings is 1. The van der Waals surface area contributed by atoms with Crippen molar-refractivity contribution in [1.29, 1.82) is 0 Å². The molecule has 9 heteroatoms. The second-order valence-corrected chi connectivity index (χ2v) is 6.93. The standard InChI is InChI=1S/C20H23F3N4O2/c1-3-4-5-10-29-19-14-8-9-27(18(14)25-12(2)26-19)16-7-6-13(17(24)28)11-15(16)20(21,22)23/h6-7,11H,3-5,8-10H2,1-2H3,(H2,24,28). The summed E-state index contributed by atoms with van der Waals surface area (Å²) in [5, 5.41) is 0. The Morgan fingerprint density at radius 3 is 2.69 bits per heavy atom. The number of alkyl halides is 3. The molecule has 2 heterocycles. The van der Waals surface area contributed by atoms with Gasteiger partial charge in [0.1, 0.15) is 11.6 Å². The van der Waals surface area contributed by atoms with E-state index in [1.165, 1.54) is 17.0 Å². The second-order valence-electron chi connectivity index (χ2n) is 6.93. The summed E-state index contributed by atoms with van der Waals surface area (Å²) < 4.78 is 46.9. The number of aryl methyl sites for hydroxylation is 1. The van der Waals surface area contributed by atoms with Crippen LogP contribution in [0, 0.1) is 6.92 Å². The van der Waals surface area contributed by atoms with Crippen LogP contribution >= 0.6 is 0 Å². The van der Waals surface area contributed by atoms with Crippen molar-refractivity contribution in [1.82, 2.24) is 9.97 Å². The Balaban J connectivity index is 2.00. The van der Waals surface area contributed by atoms with Crippen molar-refractivity contribution < 1.29 is 22.7 Å². The molecule has 0 atom stereocenters. The average molecular weight is 408 g/mol. The molecule has 0 spiro atoms. The monoisotopic (exact) mass is 408 g/mol. The van der Waals surface area contributed by atoms with Crippen LogP contribution in [0.15, 0.2) is 18.2 Å². The van der Waals surface area contributed by atoms with Crippen LogP contribution in [0.25, 0.3) is 0 Å². The number of rotatable bonds is 7. The molecule has 1 aliphatic rings. The van der Waals surface area contributed by atoms with Crippen molar-refractivity contribution in [3.8, 4) is 5.88 Å². The van der Waals surface area contributed by atoms with Gasteiger partial charge >= 0.3 is 6.18 Å². The highest BCUT2D eigenvalue weighted by Gasteiger charge is 2.38. The quantitative estimate of drug-likeness (QED) is 0.696. The third-order valence-corrected chi connectivity index (χ3v) is 4.76. The van der Waals surface area contributed by atoms with E-state index in [9.17, 15) is 18.0 Å². The summed E-state index contributed by atoms with van der Waals surface area (Å²) in [6.07, 6.45) is -1.22. The number of fused-ring (bicyclic) bond motifs is 1. The summed E-state index contributed by atoms with van der Waals surface area (Å²) in [4.78, 5) is 21.6. The van der Waals surface area contributed by atoms with Crippen LogP contribution in [0.4, 0.5) is 24.7 Å². The average Bonchev–Trinajstić information content (AvgIpc) is 3.07. The van der Waals surface area contributed by atoms with Gasteiger partial charge in [-0.15, -0.1) is 0 Å². The lowest BCUT2D eigenvalue weighted by atomic mass is 10.1. The first-order valence-electron chi connectivity index (χ1n) is 9.51. The summed E-state index contributed by atoms with van der Waals surface area (Å²) in [5.41, 5.74) is 4.65. The van der Waals surface area contributed by atoms with Gasteiger partial charge in [0.15, 0.2) is 0 Å². The Hall–Kier alpha value is -2.84. The molecule has 1 aromatic carbocycles. The lowest BCUT2D eigenvalue weighted by molar-refractivity contribution is -0.137. The fourth-order valence-corrected chi connectivity index (χ4v) is 3.35. The predicted molar refractivity (Wildman–Crippen MR) is 102 cm³/mol. The van der Waals surface area contributed by atoms with Gasteiger partial charge in [0.25, 0.3) is 0 Å². The van der Waals surface area contributed by atoms with Crippen molar-refractivity contribution in [3.63, 3.8) is 0 Å². The summed E-state index contributed by atoms with van der Waals surface area (Å²) >= 11 is 0. The summed E-state index contributed by atoms with van der Waals surface area (Å²) in [7, 11) is 0. The fraction of sp³-hybridized carbons (Fsp3) is 0.450. The number of primary amides is 1. The van der Waals surface area contributed by atoms with E-state index in [1.54, 1.807) is 6.92 Å². The Morgan fingerprint density at radius 1 is 1.28 bits per heavy atom. The third kappa shape index (κ3) is 4.44. The number of aromatic nitrogens is 2.